The summed E-state index contributed by atoms with van der Waals surface area (Å²) in [6.07, 6.45) is 0. The van der Waals surface area contributed by atoms with Gasteiger partial charge in [-0.05, 0) is 12.5 Å². The summed E-state index contributed by atoms with van der Waals surface area (Å²) in [6, 6.07) is 2.90. The molecule has 78 valence electrons. The van der Waals surface area contributed by atoms with Crippen molar-refractivity contribution in [3.05, 3.63) is 27.5 Å². The van der Waals surface area contributed by atoms with Gasteiger partial charge < -0.3 is 5.11 Å². The van der Waals surface area contributed by atoms with Gasteiger partial charge in [0, 0.05) is 13.0 Å². The molecule has 0 fully saturated rings. The van der Waals surface area contributed by atoms with Gasteiger partial charge in [0.25, 0.3) is 5.56 Å². The second kappa shape index (κ2) is 3.84. The zero-order valence-corrected chi connectivity index (χ0v) is 8.24. The third-order valence-corrected chi connectivity index (χ3v) is 1.77. The van der Waals surface area contributed by atoms with Crippen LogP contribution in [-0.2, 0) is 4.79 Å². The van der Waals surface area contributed by atoms with Gasteiger partial charge in [-0.1, -0.05) is 0 Å². The highest BCUT2D eigenvalue weighted by molar-refractivity contribution is 5.81. The Morgan fingerprint density at radius 3 is 2.73 bits per heavy atom. The fourth-order valence-electron chi connectivity index (χ4n) is 1.12. The highest BCUT2D eigenvalue weighted by atomic mass is 16.3. The molecule has 1 amide bonds. The Hall–Kier alpha value is -2.29. The van der Waals surface area contributed by atoms with Gasteiger partial charge in [0.2, 0.25) is 11.8 Å². The molecule has 1 aromatic heterocycles. The Balaban J connectivity index is 3.47. The summed E-state index contributed by atoms with van der Waals surface area (Å²) in [5, 5.41) is 18.2. The predicted molar refractivity (Wildman–Crippen MR) is 51.9 cm³/mol. The lowest BCUT2D eigenvalue weighted by Crippen LogP contribution is -2.32. The smallest absolute Gasteiger partial charge is 0.272 e. The normalized spacial score (nSPS) is 9.40. The van der Waals surface area contributed by atoms with E-state index in [4.69, 9.17) is 5.26 Å². The summed E-state index contributed by atoms with van der Waals surface area (Å²) in [5.74, 6) is -1.07. The second-order valence-corrected chi connectivity index (χ2v) is 2.98. The van der Waals surface area contributed by atoms with Crippen molar-refractivity contribution < 1.29 is 9.90 Å². The molecule has 0 spiro atoms. The van der Waals surface area contributed by atoms with E-state index in [2.05, 4.69) is 5.43 Å². The molecule has 0 aliphatic heterocycles. The zero-order valence-electron chi connectivity index (χ0n) is 8.24. The summed E-state index contributed by atoms with van der Waals surface area (Å²) < 4.78 is 0.633. The van der Waals surface area contributed by atoms with E-state index >= 15 is 0 Å². The number of hydrogen-bond donors (Lipinski definition) is 2. The van der Waals surface area contributed by atoms with Gasteiger partial charge in [-0.15, -0.1) is 0 Å². The molecule has 0 radical (unpaired) electrons. The number of hydrogen-bond acceptors (Lipinski definition) is 4. The minimum atomic E-state index is -0.598. The number of pyridine rings is 1. The highest BCUT2D eigenvalue weighted by Gasteiger charge is 2.12. The van der Waals surface area contributed by atoms with E-state index in [1.54, 1.807) is 6.07 Å². The van der Waals surface area contributed by atoms with Crippen molar-refractivity contribution in [2.75, 3.05) is 5.43 Å². The molecule has 6 heteroatoms. The van der Waals surface area contributed by atoms with Crippen molar-refractivity contribution in [2.24, 2.45) is 0 Å². The first kappa shape index (κ1) is 10.8. The first-order valence-electron chi connectivity index (χ1n) is 4.10. The lowest BCUT2D eigenvalue weighted by molar-refractivity contribution is -0.115. The van der Waals surface area contributed by atoms with Crippen LogP contribution in [0.2, 0.25) is 0 Å². The van der Waals surface area contributed by atoms with Crippen LogP contribution in [0, 0.1) is 18.3 Å². The average Bonchev–Trinajstić information content (AvgIpc) is 2.12. The third kappa shape index (κ3) is 1.96. The van der Waals surface area contributed by atoms with Gasteiger partial charge in [0.1, 0.15) is 11.6 Å². The number of nitriles is 1. The van der Waals surface area contributed by atoms with E-state index in [1.807, 2.05) is 0 Å². The van der Waals surface area contributed by atoms with Crippen LogP contribution in [0.25, 0.3) is 0 Å². The first-order chi connectivity index (χ1) is 6.97. The SMILES string of the molecule is CC(=O)Nn1c(O)c(C#N)c(C)cc1=O. The van der Waals surface area contributed by atoms with Crippen LogP contribution in [0.15, 0.2) is 10.9 Å². The van der Waals surface area contributed by atoms with Crippen LogP contribution >= 0.6 is 0 Å². The highest BCUT2D eigenvalue weighted by Crippen LogP contribution is 2.15. The topological polar surface area (TPSA) is 95.1 Å². The molecule has 15 heavy (non-hydrogen) atoms. The molecule has 0 saturated heterocycles. The number of aromatic nitrogens is 1. The van der Waals surface area contributed by atoms with Crippen molar-refractivity contribution >= 4 is 5.91 Å². The molecule has 1 rings (SSSR count). The number of nitrogens with zero attached hydrogens (tertiary/aromatic N) is 2. The van der Waals surface area contributed by atoms with Crippen molar-refractivity contribution in [3.63, 3.8) is 0 Å². The maximum Gasteiger partial charge on any atom is 0.272 e. The second-order valence-electron chi connectivity index (χ2n) is 2.98. The van der Waals surface area contributed by atoms with Crippen LogP contribution in [0.4, 0.5) is 0 Å². The Morgan fingerprint density at radius 2 is 2.27 bits per heavy atom. The number of nitrogens with one attached hydrogen (secondary N) is 1. The van der Waals surface area contributed by atoms with Crippen molar-refractivity contribution in [1.29, 1.82) is 5.26 Å². The lowest BCUT2D eigenvalue weighted by atomic mass is 10.2. The van der Waals surface area contributed by atoms with Crippen LogP contribution in [0.3, 0.4) is 0 Å². The number of aryl methyl sites for hydroxylation is 1. The molecular weight excluding hydrogens is 198 g/mol. The summed E-state index contributed by atoms with van der Waals surface area (Å²) in [7, 11) is 0. The largest absolute Gasteiger partial charge is 0.492 e. The molecule has 0 bridgehead atoms. The number of aromatic hydroxyl groups is 1. The molecule has 1 aromatic rings. The van der Waals surface area contributed by atoms with Gasteiger partial charge in [-0.25, -0.2) is 0 Å². The average molecular weight is 207 g/mol. The van der Waals surface area contributed by atoms with E-state index < -0.39 is 17.3 Å². The van der Waals surface area contributed by atoms with Crippen molar-refractivity contribution in [1.82, 2.24) is 4.68 Å². The quantitative estimate of drug-likeness (QED) is 0.668. The van der Waals surface area contributed by atoms with E-state index in [0.717, 1.165) is 6.07 Å². The summed E-state index contributed by atoms with van der Waals surface area (Å²) in [6.45, 7) is 2.72. The van der Waals surface area contributed by atoms with Gasteiger partial charge in [-0.3, -0.25) is 15.0 Å². The van der Waals surface area contributed by atoms with Crippen LogP contribution < -0.4 is 11.0 Å². The van der Waals surface area contributed by atoms with E-state index in [9.17, 15) is 14.7 Å². The number of amides is 1. The standard InChI is InChI=1S/C9H9N3O3/c1-5-3-8(14)12(11-6(2)13)9(15)7(5)4-10/h3,15H,1-2H3,(H,11,13). The summed E-state index contributed by atoms with van der Waals surface area (Å²) in [5.41, 5.74) is 1.83. The molecule has 6 nitrogen and oxygen atoms in total. The Kier molecular flexibility index (Phi) is 2.76. The van der Waals surface area contributed by atoms with E-state index in [-0.39, 0.29) is 5.56 Å². The minimum Gasteiger partial charge on any atom is -0.492 e. The lowest BCUT2D eigenvalue weighted by Gasteiger charge is -2.10. The Bertz CT molecular complexity index is 511. The van der Waals surface area contributed by atoms with Crippen LogP contribution in [0.5, 0.6) is 5.88 Å². The maximum absolute atomic E-state index is 11.3. The van der Waals surface area contributed by atoms with Gasteiger partial charge in [0.05, 0.1) is 0 Å². The molecule has 0 aliphatic carbocycles. The van der Waals surface area contributed by atoms with Gasteiger partial charge in [0.15, 0.2) is 0 Å². The molecule has 2 N–H and O–H groups in total. The van der Waals surface area contributed by atoms with Crippen molar-refractivity contribution in [3.8, 4) is 11.9 Å². The fraction of sp³-hybridized carbons (Fsp3) is 0.222. The molecule has 0 saturated carbocycles. The van der Waals surface area contributed by atoms with Gasteiger partial charge >= 0.3 is 0 Å². The number of carbonyl (C=O) groups excluding carboxylic acids is 1. The number of carbonyl (C=O) groups is 1. The van der Waals surface area contributed by atoms with Crippen LogP contribution in [0.1, 0.15) is 18.1 Å². The number of rotatable bonds is 1. The van der Waals surface area contributed by atoms with Gasteiger partial charge in [-0.2, -0.15) is 9.94 Å². The third-order valence-electron chi connectivity index (χ3n) is 1.77. The summed E-state index contributed by atoms with van der Waals surface area (Å²) >= 11 is 0. The minimum absolute atomic E-state index is 0.0386. The maximum atomic E-state index is 11.3. The fourth-order valence-corrected chi connectivity index (χ4v) is 1.12. The molecule has 1 heterocycles. The van der Waals surface area contributed by atoms with E-state index in [0.29, 0.717) is 10.2 Å². The summed E-state index contributed by atoms with van der Waals surface area (Å²) in [4.78, 5) is 22.1. The Morgan fingerprint density at radius 1 is 1.67 bits per heavy atom. The molecule has 0 aromatic carbocycles. The molecule has 0 atom stereocenters. The Labute approximate surface area is 85.4 Å². The molecular formula is C9H9N3O3. The van der Waals surface area contributed by atoms with Crippen LogP contribution in [-0.4, -0.2) is 15.7 Å². The zero-order chi connectivity index (χ0) is 11.6. The monoisotopic (exact) mass is 207 g/mol. The van der Waals surface area contributed by atoms with E-state index in [1.165, 1.54) is 13.8 Å². The predicted octanol–water partition coefficient (Wildman–Crippen LogP) is -0.176. The van der Waals surface area contributed by atoms with Crippen molar-refractivity contribution in [2.45, 2.75) is 13.8 Å². The molecule has 0 unspecified atom stereocenters. The molecule has 0 aliphatic rings. The first-order valence-corrected chi connectivity index (χ1v) is 4.10.